The van der Waals surface area contributed by atoms with Gasteiger partial charge < -0.3 is 4.74 Å². The minimum Gasteiger partial charge on any atom is -0.435 e. The highest BCUT2D eigenvalue weighted by atomic mass is 16.5. The fraction of sp³-hybridized carbons (Fsp3) is 0.750. The van der Waals surface area contributed by atoms with Crippen molar-refractivity contribution in [3.05, 3.63) is 12.8 Å². The third-order valence-corrected chi connectivity index (χ3v) is 2.99. The summed E-state index contributed by atoms with van der Waals surface area (Å²) in [6, 6.07) is 0. The fourth-order valence-electron chi connectivity index (χ4n) is 1.71. The van der Waals surface area contributed by atoms with E-state index in [1.165, 1.54) is 6.26 Å². The molecule has 0 aromatic heterocycles. The zero-order valence-electron chi connectivity index (χ0n) is 9.64. The van der Waals surface area contributed by atoms with Crippen LogP contribution in [0.15, 0.2) is 12.8 Å². The second kappa shape index (κ2) is 6.63. The summed E-state index contributed by atoms with van der Waals surface area (Å²) < 4.78 is 4.91. The van der Waals surface area contributed by atoms with Crippen molar-refractivity contribution >= 4 is 5.97 Å². The van der Waals surface area contributed by atoms with Crippen molar-refractivity contribution in [2.24, 2.45) is 5.41 Å². The van der Waals surface area contributed by atoms with E-state index >= 15 is 0 Å². The Bertz CT molecular complexity index is 181. The molecule has 0 radical (unpaired) electrons. The highest BCUT2D eigenvalue weighted by Crippen LogP contribution is 2.34. The molecule has 0 aliphatic heterocycles. The Labute approximate surface area is 87.3 Å². The zero-order valence-corrected chi connectivity index (χ0v) is 9.64. The van der Waals surface area contributed by atoms with Crippen molar-refractivity contribution in [1.82, 2.24) is 0 Å². The Morgan fingerprint density at radius 1 is 1.36 bits per heavy atom. The first-order valence-electron chi connectivity index (χ1n) is 5.48. The average Bonchev–Trinajstić information content (AvgIpc) is 2.21. The van der Waals surface area contributed by atoms with Crippen molar-refractivity contribution in [3.63, 3.8) is 0 Å². The van der Waals surface area contributed by atoms with Crippen molar-refractivity contribution in [2.45, 2.75) is 52.9 Å². The van der Waals surface area contributed by atoms with Gasteiger partial charge in [-0.1, -0.05) is 40.2 Å². The van der Waals surface area contributed by atoms with Crippen LogP contribution >= 0.6 is 0 Å². The Balaban J connectivity index is 4.49. The Kier molecular flexibility index (Phi) is 6.26. The lowest BCUT2D eigenvalue weighted by atomic mass is 9.78. The monoisotopic (exact) mass is 198 g/mol. The maximum atomic E-state index is 11.7. The third-order valence-electron chi connectivity index (χ3n) is 2.99. The van der Waals surface area contributed by atoms with E-state index in [2.05, 4.69) is 13.5 Å². The summed E-state index contributed by atoms with van der Waals surface area (Å²) in [7, 11) is 0. The lowest BCUT2D eigenvalue weighted by Gasteiger charge is -2.28. The predicted octanol–water partition coefficient (Wildman–Crippen LogP) is 3.67. The van der Waals surface area contributed by atoms with Gasteiger partial charge in [0, 0.05) is 0 Å². The van der Waals surface area contributed by atoms with Gasteiger partial charge >= 0.3 is 5.97 Å². The molecule has 0 saturated heterocycles. The highest BCUT2D eigenvalue weighted by molar-refractivity contribution is 5.77. The normalized spacial score (nSPS) is 11.1. The number of unbranched alkanes of at least 4 members (excludes halogenated alkanes) is 1. The number of rotatable bonds is 7. The van der Waals surface area contributed by atoms with Crippen LogP contribution in [0.5, 0.6) is 0 Å². The molecule has 0 aliphatic carbocycles. The van der Waals surface area contributed by atoms with E-state index in [1.54, 1.807) is 0 Å². The minimum atomic E-state index is -0.287. The second-order valence-corrected chi connectivity index (χ2v) is 3.66. The van der Waals surface area contributed by atoms with Crippen LogP contribution in [0.4, 0.5) is 0 Å². The maximum Gasteiger partial charge on any atom is 0.316 e. The van der Waals surface area contributed by atoms with Gasteiger partial charge in [0.1, 0.15) is 0 Å². The predicted molar refractivity (Wildman–Crippen MR) is 58.8 cm³/mol. The molecule has 2 heteroatoms. The van der Waals surface area contributed by atoms with E-state index in [9.17, 15) is 4.79 Å². The van der Waals surface area contributed by atoms with E-state index in [0.717, 1.165) is 32.1 Å². The molecule has 82 valence electrons. The Hall–Kier alpha value is -0.790. The first kappa shape index (κ1) is 13.2. The first-order chi connectivity index (χ1) is 6.66. The van der Waals surface area contributed by atoms with Gasteiger partial charge in [0.05, 0.1) is 11.7 Å². The molecule has 0 fully saturated rings. The maximum absolute atomic E-state index is 11.7. The van der Waals surface area contributed by atoms with Crippen LogP contribution in [0.3, 0.4) is 0 Å². The Morgan fingerprint density at radius 2 is 1.93 bits per heavy atom. The van der Waals surface area contributed by atoms with Gasteiger partial charge in [-0.25, -0.2) is 0 Å². The Morgan fingerprint density at radius 3 is 2.29 bits per heavy atom. The van der Waals surface area contributed by atoms with Crippen molar-refractivity contribution < 1.29 is 9.53 Å². The molecule has 0 aliphatic rings. The SMILES string of the molecule is C=COC(=O)C(CC)(CC)CCCC. The van der Waals surface area contributed by atoms with Crippen molar-refractivity contribution in [3.8, 4) is 0 Å². The lowest BCUT2D eigenvalue weighted by molar-refractivity contribution is -0.151. The third kappa shape index (κ3) is 3.17. The highest BCUT2D eigenvalue weighted by Gasteiger charge is 2.35. The summed E-state index contributed by atoms with van der Waals surface area (Å²) in [5.74, 6) is -0.119. The molecule has 0 aromatic carbocycles. The van der Waals surface area contributed by atoms with Crippen LogP contribution in [-0.4, -0.2) is 5.97 Å². The zero-order chi connectivity index (χ0) is 11.0. The number of esters is 1. The van der Waals surface area contributed by atoms with Gasteiger partial charge in [-0.2, -0.15) is 0 Å². The standard InChI is InChI=1S/C12H22O2/c1-5-9-10-12(6-2,7-3)11(13)14-8-4/h8H,4-7,9-10H2,1-3H3. The summed E-state index contributed by atoms with van der Waals surface area (Å²) >= 11 is 0. The molecule has 14 heavy (non-hydrogen) atoms. The number of carbonyl (C=O) groups is 1. The molecule has 0 heterocycles. The molecule has 0 atom stereocenters. The summed E-state index contributed by atoms with van der Waals surface area (Å²) in [5.41, 5.74) is -0.287. The van der Waals surface area contributed by atoms with Crippen LogP contribution < -0.4 is 0 Å². The quantitative estimate of drug-likeness (QED) is 0.461. The molecule has 0 aromatic rings. The molecule has 0 saturated carbocycles. The smallest absolute Gasteiger partial charge is 0.316 e. The largest absolute Gasteiger partial charge is 0.435 e. The molecule has 0 unspecified atom stereocenters. The minimum absolute atomic E-state index is 0.119. The topological polar surface area (TPSA) is 26.3 Å². The summed E-state index contributed by atoms with van der Waals surface area (Å²) in [4.78, 5) is 11.7. The van der Waals surface area contributed by atoms with Crippen LogP contribution in [0.1, 0.15) is 52.9 Å². The molecule has 0 spiro atoms. The van der Waals surface area contributed by atoms with E-state index in [0.29, 0.717) is 0 Å². The van der Waals surface area contributed by atoms with Crippen LogP contribution in [-0.2, 0) is 9.53 Å². The molecule has 0 bridgehead atoms. The lowest BCUT2D eigenvalue weighted by Crippen LogP contribution is -2.30. The van der Waals surface area contributed by atoms with E-state index in [-0.39, 0.29) is 11.4 Å². The summed E-state index contributed by atoms with van der Waals surface area (Å²) in [6.07, 6.45) is 6.03. The second-order valence-electron chi connectivity index (χ2n) is 3.66. The molecule has 0 amide bonds. The molecular formula is C12H22O2. The van der Waals surface area contributed by atoms with Gasteiger partial charge in [-0.3, -0.25) is 4.79 Å². The molecule has 0 N–H and O–H groups in total. The molecule has 2 nitrogen and oxygen atoms in total. The molecular weight excluding hydrogens is 176 g/mol. The van der Waals surface area contributed by atoms with Crippen LogP contribution in [0.2, 0.25) is 0 Å². The summed E-state index contributed by atoms with van der Waals surface area (Å²) in [6.45, 7) is 9.64. The number of hydrogen-bond acceptors (Lipinski definition) is 2. The van der Waals surface area contributed by atoms with Crippen molar-refractivity contribution in [1.29, 1.82) is 0 Å². The van der Waals surface area contributed by atoms with E-state index in [4.69, 9.17) is 4.74 Å². The average molecular weight is 198 g/mol. The van der Waals surface area contributed by atoms with Gasteiger partial charge in [0.25, 0.3) is 0 Å². The number of hydrogen-bond donors (Lipinski definition) is 0. The van der Waals surface area contributed by atoms with E-state index < -0.39 is 0 Å². The number of carbonyl (C=O) groups excluding carboxylic acids is 1. The van der Waals surface area contributed by atoms with Gasteiger partial charge in [-0.15, -0.1) is 0 Å². The molecule has 0 rings (SSSR count). The van der Waals surface area contributed by atoms with Gasteiger partial charge in [0.2, 0.25) is 0 Å². The van der Waals surface area contributed by atoms with Crippen LogP contribution in [0.25, 0.3) is 0 Å². The van der Waals surface area contributed by atoms with E-state index in [1.807, 2.05) is 13.8 Å². The van der Waals surface area contributed by atoms with Gasteiger partial charge in [0.15, 0.2) is 0 Å². The fourth-order valence-corrected chi connectivity index (χ4v) is 1.71. The number of ether oxygens (including phenoxy) is 1. The van der Waals surface area contributed by atoms with Crippen molar-refractivity contribution in [2.75, 3.05) is 0 Å². The van der Waals surface area contributed by atoms with Gasteiger partial charge in [-0.05, 0) is 19.3 Å². The first-order valence-corrected chi connectivity index (χ1v) is 5.48. The van der Waals surface area contributed by atoms with Crippen LogP contribution in [0, 0.1) is 5.41 Å². The summed E-state index contributed by atoms with van der Waals surface area (Å²) in [5, 5.41) is 0.